The summed E-state index contributed by atoms with van der Waals surface area (Å²) in [5.41, 5.74) is 0. The highest BCUT2D eigenvalue weighted by Gasteiger charge is 2.01. The number of unbranched alkanes of at least 4 members (excludes halogenated alkanes) is 1. The Morgan fingerprint density at radius 2 is 1.73 bits per heavy atom. The van der Waals surface area contributed by atoms with Crippen molar-refractivity contribution < 1.29 is 9.47 Å². The smallest absolute Gasteiger partial charge is 0.0704 e. The lowest BCUT2D eigenvalue weighted by molar-refractivity contribution is -0.00603. The SMILES string of the molecule is CCCCNCC(C)OCCOC(C)C. The molecule has 1 unspecified atom stereocenters. The first kappa shape index (κ1) is 14.9. The Hall–Kier alpha value is -0.120. The molecule has 0 spiro atoms. The highest BCUT2D eigenvalue weighted by atomic mass is 16.5. The lowest BCUT2D eigenvalue weighted by atomic mass is 10.3. The Morgan fingerprint density at radius 1 is 1.07 bits per heavy atom. The molecule has 0 aromatic rings. The van der Waals surface area contributed by atoms with E-state index in [0.29, 0.717) is 19.3 Å². The molecule has 1 N–H and O–H groups in total. The van der Waals surface area contributed by atoms with Crippen LogP contribution in [0.3, 0.4) is 0 Å². The van der Waals surface area contributed by atoms with E-state index >= 15 is 0 Å². The highest BCUT2D eigenvalue weighted by molar-refractivity contribution is 4.55. The van der Waals surface area contributed by atoms with Crippen molar-refractivity contribution in [2.45, 2.75) is 52.7 Å². The molecule has 0 bridgehead atoms. The Kier molecular flexibility index (Phi) is 10.3. The highest BCUT2D eigenvalue weighted by Crippen LogP contribution is 1.92. The van der Waals surface area contributed by atoms with E-state index in [1.165, 1.54) is 12.8 Å². The molecule has 3 heteroatoms. The van der Waals surface area contributed by atoms with E-state index < -0.39 is 0 Å². The van der Waals surface area contributed by atoms with Crippen molar-refractivity contribution in [1.29, 1.82) is 0 Å². The summed E-state index contributed by atoms with van der Waals surface area (Å²) in [5, 5.41) is 3.37. The van der Waals surface area contributed by atoms with E-state index in [2.05, 4.69) is 19.2 Å². The van der Waals surface area contributed by atoms with Crippen molar-refractivity contribution in [2.24, 2.45) is 0 Å². The van der Waals surface area contributed by atoms with Gasteiger partial charge in [0.05, 0.1) is 25.4 Å². The standard InChI is InChI=1S/C12H27NO2/c1-5-6-7-13-10-12(4)15-9-8-14-11(2)3/h11-13H,5-10H2,1-4H3. The van der Waals surface area contributed by atoms with Gasteiger partial charge < -0.3 is 14.8 Å². The van der Waals surface area contributed by atoms with Gasteiger partial charge in [0.15, 0.2) is 0 Å². The van der Waals surface area contributed by atoms with Crippen LogP contribution in [0.5, 0.6) is 0 Å². The molecule has 0 aliphatic rings. The summed E-state index contributed by atoms with van der Waals surface area (Å²) in [6.07, 6.45) is 3.05. The number of nitrogens with one attached hydrogen (secondary N) is 1. The lowest BCUT2D eigenvalue weighted by Crippen LogP contribution is -2.28. The first-order valence-electron chi connectivity index (χ1n) is 6.10. The van der Waals surface area contributed by atoms with Crippen LogP contribution in [0, 0.1) is 0 Å². The second-order valence-corrected chi connectivity index (χ2v) is 4.16. The molecule has 0 radical (unpaired) electrons. The van der Waals surface area contributed by atoms with Crippen molar-refractivity contribution in [3.63, 3.8) is 0 Å². The Morgan fingerprint density at radius 3 is 2.33 bits per heavy atom. The molecular formula is C12H27NO2. The van der Waals surface area contributed by atoms with Gasteiger partial charge in [0, 0.05) is 6.54 Å². The molecule has 0 amide bonds. The summed E-state index contributed by atoms with van der Waals surface area (Å²) in [4.78, 5) is 0. The van der Waals surface area contributed by atoms with E-state index in [0.717, 1.165) is 13.1 Å². The maximum absolute atomic E-state index is 5.59. The second-order valence-electron chi connectivity index (χ2n) is 4.16. The van der Waals surface area contributed by atoms with Crippen molar-refractivity contribution in [2.75, 3.05) is 26.3 Å². The fourth-order valence-corrected chi connectivity index (χ4v) is 1.20. The van der Waals surface area contributed by atoms with Crippen molar-refractivity contribution >= 4 is 0 Å². The number of ether oxygens (including phenoxy) is 2. The van der Waals surface area contributed by atoms with Gasteiger partial charge in [-0.2, -0.15) is 0 Å². The molecule has 0 aliphatic heterocycles. The fraction of sp³-hybridized carbons (Fsp3) is 1.00. The van der Waals surface area contributed by atoms with Gasteiger partial charge in [-0.15, -0.1) is 0 Å². The third-order valence-electron chi connectivity index (χ3n) is 2.08. The Balaban J connectivity index is 3.15. The monoisotopic (exact) mass is 217 g/mol. The van der Waals surface area contributed by atoms with Gasteiger partial charge in [-0.05, 0) is 33.7 Å². The van der Waals surface area contributed by atoms with Crippen molar-refractivity contribution in [3.05, 3.63) is 0 Å². The van der Waals surface area contributed by atoms with Gasteiger partial charge in [0.2, 0.25) is 0 Å². The lowest BCUT2D eigenvalue weighted by Gasteiger charge is -2.14. The number of hydrogen-bond donors (Lipinski definition) is 1. The summed E-state index contributed by atoms with van der Waals surface area (Å²) in [6, 6.07) is 0. The van der Waals surface area contributed by atoms with Crippen LogP contribution in [0.4, 0.5) is 0 Å². The minimum Gasteiger partial charge on any atom is -0.376 e. The van der Waals surface area contributed by atoms with Gasteiger partial charge in [0.25, 0.3) is 0 Å². The molecule has 3 nitrogen and oxygen atoms in total. The number of rotatable bonds is 10. The molecule has 15 heavy (non-hydrogen) atoms. The molecule has 0 saturated carbocycles. The van der Waals surface area contributed by atoms with Crippen LogP contribution < -0.4 is 5.32 Å². The summed E-state index contributed by atoms with van der Waals surface area (Å²) in [6.45, 7) is 11.8. The Bertz CT molecular complexity index is 129. The zero-order chi connectivity index (χ0) is 11.5. The van der Waals surface area contributed by atoms with Gasteiger partial charge >= 0.3 is 0 Å². The molecular weight excluding hydrogens is 190 g/mol. The molecule has 0 rings (SSSR count). The minimum absolute atomic E-state index is 0.276. The molecule has 0 heterocycles. The van der Waals surface area contributed by atoms with Crippen LogP contribution in [0.2, 0.25) is 0 Å². The predicted molar refractivity (Wildman–Crippen MR) is 64.3 cm³/mol. The van der Waals surface area contributed by atoms with Gasteiger partial charge in [-0.3, -0.25) is 0 Å². The van der Waals surface area contributed by atoms with E-state index in [4.69, 9.17) is 9.47 Å². The van der Waals surface area contributed by atoms with E-state index in [1.54, 1.807) is 0 Å². The average Bonchev–Trinajstić information content (AvgIpc) is 2.19. The predicted octanol–water partition coefficient (Wildman–Crippen LogP) is 2.21. The zero-order valence-electron chi connectivity index (χ0n) is 10.7. The molecule has 0 aromatic heterocycles. The topological polar surface area (TPSA) is 30.5 Å². The van der Waals surface area contributed by atoms with Crippen molar-refractivity contribution in [3.8, 4) is 0 Å². The maximum atomic E-state index is 5.59. The van der Waals surface area contributed by atoms with Gasteiger partial charge in [0.1, 0.15) is 0 Å². The summed E-state index contributed by atoms with van der Waals surface area (Å²) in [5.74, 6) is 0. The fourth-order valence-electron chi connectivity index (χ4n) is 1.20. The first-order valence-corrected chi connectivity index (χ1v) is 6.10. The largest absolute Gasteiger partial charge is 0.376 e. The number of hydrogen-bond acceptors (Lipinski definition) is 3. The van der Waals surface area contributed by atoms with Gasteiger partial charge in [-0.25, -0.2) is 0 Å². The first-order chi connectivity index (χ1) is 7.16. The summed E-state index contributed by atoms with van der Waals surface area (Å²) in [7, 11) is 0. The second kappa shape index (κ2) is 10.4. The molecule has 1 atom stereocenters. The molecule has 0 fully saturated rings. The van der Waals surface area contributed by atoms with E-state index in [9.17, 15) is 0 Å². The van der Waals surface area contributed by atoms with Crippen molar-refractivity contribution in [1.82, 2.24) is 5.32 Å². The molecule has 0 aliphatic carbocycles. The molecule has 92 valence electrons. The van der Waals surface area contributed by atoms with E-state index in [-0.39, 0.29) is 6.10 Å². The average molecular weight is 217 g/mol. The van der Waals surface area contributed by atoms with Crippen LogP contribution in [-0.2, 0) is 9.47 Å². The summed E-state index contributed by atoms with van der Waals surface area (Å²) >= 11 is 0. The zero-order valence-corrected chi connectivity index (χ0v) is 10.7. The third-order valence-corrected chi connectivity index (χ3v) is 2.08. The molecule has 0 saturated heterocycles. The van der Waals surface area contributed by atoms with Crippen LogP contribution in [-0.4, -0.2) is 38.5 Å². The van der Waals surface area contributed by atoms with Gasteiger partial charge in [-0.1, -0.05) is 13.3 Å². The van der Waals surface area contributed by atoms with Crippen LogP contribution in [0.15, 0.2) is 0 Å². The normalized spacial score (nSPS) is 13.4. The maximum Gasteiger partial charge on any atom is 0.0704 e. The van der Waals surface area contributed by atoms with Crippen LogP contribution >= 0.6 is 0 Å². The van der Waals surface area contributed by atoms with Crippen LogP contribution in [0.1, 0.15) is 40.5 Å². The Labute approximate surface area is 94.5 Å². The van der Waals surface area contributed by atoms with E-state index in [1.807, 2.05) is 13.8 Å². The van der Waals surface area contributed by atoms with Crippen LogP contribution in [0.25, 0.3) is 0 Å². The summed E-state index contributed by atoms with van der Waals surface area (Å²) < 4.78 is 11.0. The third kappa shape index (κ3) is 11.8. The quantitative estimate of drug-likeness (QED) is 0.569. The molecule has 0 aromatic carbocycles. The minimum atomic E-state index is 0.276.